The Kier molecular flexibility index (Phi) is 4.98. The minimum atomic E-state index is -0.0124. The highest BCUT2D eigenvalue weighted by atomic mass is 79.9. The first-order valence-corrected chi connectivity index (χ1v) is 7.37. The molecule has 5 heteroatoms. The predicted molar refractivity (Wildman–Crippen MR) is 88.9 cm³/mol. The smallest absolute Gasteiger partial charge is 0.253 e. The van der Waals surface area contributed by atoms with Crippen molar-refractivity contribution in [1.29, 1.82) is 0 Å². The van der Waals surface area contributed by atoms with E-state index in [2.05, 4.69) is 21.4 Å². The number of rotatable bonds is 4. The molecule has 0 aliphatic heterocycles. The summed E-state index contributed by atoms with van der Waals surface area (Å²) in [6, 6.07) is 13.4. The van der Waals surface area contributed by atoms with Crippen molar-refractivity contribution in [1.82, 2.24) is 4.90 Å². The fraction of sp³-hybridized carbons (Fsp3) is 0.188. The number of hydrogen-bond acceptors (Lipinski definition) is 3. The van der Waals surface area contributed by atoms with E-state index < -0.39 is 0 Å². The molecule has 0 fully saturated rings. The van der Waals surface area contributed by atoms with Gasteiger partial charge < -0.3 is 10.3 Å². The molecule has 21 heavy (non-hydrogen) atoms. The zero-order chi connectivity index (χ0) is 15.4. The monoisotopic (exact) mass is 347 g/mol. The van der Waals surface area contributed by atoms with Crippen molar-refractivity contribution in [3.63, 3.8) is 0 Å². The van der Waals surface area contributed by atoms with Crippen LogP contribution in [-0.2, 0) is 6.54 Å². The molecule has 0 spiro atoms. The molecule has 0 saturated heterocycles. The fourth-order valence-corrected chi connectivity index (χ4v) is 2.61. The van der Waals surface area contributed by atoms with E-state index in [0.717, 1.165) is 21.3 Å². The summed E-state index contributed by atoms with van der Waals surface area (Å²) < 4.78 is 1.01. The largest absolute Gasteiger partial charge is 0.337 e. The molecule has 0 atom stereocenters. The number of nitrogens with one attached hydrogen (secondary N) is 1. The second kappa shape index (κ2) is 6.74. The maximum Gasteiger partial charge on any atom is 0.253 e. The Morgan fingerprint density at radius 2 is 2.05 bits per heavy atom. The molecule has 0 unspecified atom stereocenters. The molecule has 0 aliphatic rings. The zero-order valence-corrected chi connectivity index (χ0v) is 13.6. The third-order valence-electron chi connectivity index (χ3n) is 3.28. The first-order chi connectivity index (χ1) is 10.0. The van der Waals surface area contributed by atoms with Gasteiger partial charge in [0.1, 0.15) is 0 Å². The van der Waals surface area contributed by atoms with Gasteiger partial charge in [-0.05, 0) is 48.4 Å². The lowest BCUT2D eigenvalue weighted by Crippen LogP contribution is -2.26. The molecule has 3 N–H and O–H groups in total. The van der Waals surface area contributed by atoms with Crippen LogP contribution in [0.4, 0.5) is 5.69 Å². The number of nitrogen functional groups attached to an aromatic ring is 1. The van der Waals surface area contributed by atoms with Crippen molar-refractivity contribution in [2.45, 2.75) is 13.5 Å². The van der Waals surface area contributed by atoms with Gasteiger partial charge in [-0.2, -0.15) is 0 Å². The third-order valence-corrected chi connectivity index (χ3v) is 3.78. The van der Waals surface area contributed by atoms with Gasteiger partial charge in [0, 0.05) is 23.6 Å². The maximum atomic E-state index is 12.4. The highest BCUT2D eigenvalue weighted by Crippen LogP contribution is 2.18. The normalized spacial score (nSPS) is 10.3. The highest BCUT2D eigenvalue weighted by Gasteiger charge is 2.13. The number of benzene rings is 2. The number of anilines is 1. The van der Waals surface area contributed by atoms with E-state index in [4.69, 9.17) is 5.84 Å². The van der Waals surface area contributed by atoms with Crippen LogP contribution >= 0.6 is 15.9 Å². The van der Waals surface area contributed by atoms with E-state index in [0.29, 0.717) is 12.1 Å². The number of hydrazine groups is 1. The Morgan fingerprint density at radius 3 is 2.67 bits per heavy atom. The minimum Gasteiger partial charge on any atom is -0.337 e. The number of amides is 1. The van der Waals surface area contributed by atoms with Crippen LogP contribution in [0.5, 0.6) is 0 Å². The molecule has 0 aliphatic carbocycles. The van der Waals surface area contributed by atoms with Crippen LogP contribution in [0.3, 0.4) is 0 Å². The summed E-state index contributed by atoms with van der Waals surface area (Å²) in [5.74, 6) is 5.39. The van der Waals surface area contributed by atoms with E-state index >= 15 is 0 Å². The first kappa shape index (κ1) is 15.5. The molecule has 2 aromatic carbocycles. The summed E-state index contributed by atoms with van der Waals surface area (Å²) >= 11 is 3.44. The predicted octanol–water partition coefficient (Wildman–Crippen LogP) is 3.32. The van der Waals surface area contributed by atoms with Gasteiger partial charge in [-0.15, -0.1) is 0 Å². The van der Waals surface area contributed by atoms with Crippen LogP contribution in [0.25, 0.3) is 0 Å². The Bertz CT molecular complexity index is 658. The average molecular weight is 348 g/mol. The Hall–Kier alpha value is -1.85. The first-order valence-electron chi connectivity index (χ1n) is 6.58. The molecule has 1 amide bonds. The van der Waals surface area contributed by atoms with Gasteiger partial charge in [0.05, 0.1) is 5.69 Å². The SMILES string of the molecule is Cc1cc(C(=O)N(C)Cc2cccc(Br)c2)ccc1NN. The van der Waals surface area contributed by atoms with E-state index in [-0.39, 0.29) is 5.91 Å². The number of halogens is 1. The van der Waals surface area contributed by atoms with E-state index in [9.17, 15) is 4.79 Å². The van der Waals surface area contributed by atoms with Crippen molar-refractivity contribution in [3.05, 3.63) is 63.6 Å². The summed E-state index contributed by atoms with van der Waals surface area (Å²) in [5.41, 5.74) is 6.11. The van der Waals surface area contributed by atoms with Crippen LogP contribution in [0.1, 0.15) is 21.5 Å². The fourth-order valence-electron chi connectivity index (χ4n) is 2.16. The summed E-state index contributed by atoms with van der Waals surface area (Å²) in [6.07, 6.45) is 0. The van der Waals surface area contributed by atoms with Crippen molar-refractivity contribution < 1.29 is 4.79 Å². The third kappa shape index (κ3) is 3.83. The van der Waals surface area contributed by atoms with Gasteiger partial charge >= 0.3 is 0 Å². The highest BCUT2D eigenvalue weighted by molar-refractivity contribution is 9.10. The van der Waals surface area contributed by atoms with Crippen LogP contribution < -0.4 is 11.3 Å². The molecule has 2 aromatic rings. The summed E-state index contributed by atoms with van der Waals surface area (Å²) in [6.45, 7) is 2.48. The van der Waals surface area contributed by atoms with Crippen molar-refractivity contribution in [3.8, 4) is 0 Å². The zero-order valence-electron chi connectivity index (χ0n) is 12.1. The number of carbonyl (C=O) groups excluding carboxylic acids is 1. The van der Waals surface area contributed by atoms with Crippen molar-refractivity contribution >= 4 is 27.5 Å². The maximum absolute atomic E-state index is 12.4. The number of aryl methyl sites for hydroxylation is 1. The molecule has 0 aromatic heterocycles. The molecule has 4 nitrogen and oxygen atoms in total. The lowest BCUT2D eigenvalue weighted by molar-refractivity contribution is 0.0785. The van der Waals surface area contributed by atoms with Gasteiger partial charge in [-0.25, -0.2) is 0 Å². The lowest BCUT2D eigenvalue weighted by atomic mass is 10.1. The summed E-state index contributed by atoms with van der Waals surface area (Å²) in [5, 5.41) is 0. The number of nitrogens with zero attached hydrogens (tertiary/aromatic N) is 1. The minimum absolute atomic E-state index is 0.0124. The summed E-state index contributed by atoms with van der Waals surface area (Å²) in [4.78, 5) is 14.1. The van der Waals surface area contributed by atoms with E-state index in [1.165, 1.54) is 0 Å². The van der Waals surface area contributed by atoms with Crippen molar-refractivity contribution in [2.75, 3.05) is 12.5 Å². The second-order valence-corrected chi connectivity index (χ2v) is 5.88. The molecular formula is C16H18BrN3O. The molecule has 0 radical (unpaired) electrons. The Morgan fingerprint density at radius 1 is 1.29 bits per heavy atom. The quantitative estimate of drug-likeness (QED) is 0.658. The standard InChI is InChI=1S/C16H18BrN3O/c1-11-8-13(6-7-15(11)19-18)16(21)20(2)10-12-4-3-5-14(17)9-12/h3-9,19H,10,18H2,1-2H3. The lowest BCUT2D eigenvalue weighted by Gasteiger charge is -2.18. The topological polar surface area (TPSA) is 58.4 Å². The van der Waals surface area contributed by atoms with Gasteiger partial charge in [0.2, 0.25) is 0 Å². The number of hydrogen-bond donors (Lipinski definition) is 2. The van der Waals surface area contributed by atoms with E-state index in [1.54, 1.807) is 18.0 Å². The molecule has 110 valence electrons. The Labute approximate surface area is 133 Å². The molecule has 2 rings (SSSR count). The van der Waals surface area contributed by atoms with Crippen LogP contribution in [-0.4, -0.2) is 17.9 Å². The molecule has 0 saturated carbocycles. The average Bonchev–Trinajstić information content (AvgIpc) is 2.46. The van der Waals surface area contributed by atoms with Crippen LogP contribution in [0, 0.1) is 6.92 Å². The number of carbonyl (C=O) groups is 1. The van der Waals surface area contributed by atoms with E-state index in [1.807, 2.05) is 43.3 Å². The van der Waals surface area contributed by atoms with Crippen LogP contribution in [0.15, 0.2) is 46.9 Å². The molecule has 0 bridgehead atoms. The van der Waals surface area contributed by atoms with Crippen molar-refractivity contribution in [2.24, 2.45) is 5.84 Å². The molecular weight excluding hydrogens is 330 g/mol. The number of nitrogens with two attached hydrogens (primary N) is 1. The van der Waals surface area contributed by atoms with Gasteiger partial charge in [-0.3, -0.25) is 10.6 Å². The van der Waals surface area contributed by atoms with Gasteiger partial charge in [-0.1, -0.05) is 28.1 Å². The van der Waals surface area contributed by atoms with Gasteiger partial charge in [0.15, 0.2) is 0 Å². The Balaban J connectivity index is 2.14. The van der Waals surface area contributed by atoms with Crippen LogP contribution in [0.2, 0.25) is 0 Å². The van der Waals surface area contributed by atoms with Gasteiger partial charge in [0.25, 0.3) is 5.91 Å². The summed E-state index contributed by atoms with van der Waals surface area (Å²) in [7, 11) is 1.80. The second-order valence-electron chi connectivity index (χ2n) is 4.97. The molecule has 0 heterocycles.